The van der Waals surface area contributed by atoms with Crippen molar-refractivity contribution in [2.45, 2.75) is 97.4 Å². The first-order valence-electron chi connectivity index (χ1n) is 41.5. The fourth-order valence-corrected chi connectivity index (χ4v) is 19.1. The van der Waals surface area contributed by atoms with Crippen LogP contribution < -0.4 is 27.0 Å². The number of thiocarbonyl (C=S) groups is 1. The zero-order valence-corrected chi connectivity index (χ0v) is 91.4. The van der Waals surface area contributed by atoms with Gasteiger partial charge in [0.1, 0.15) is 5.97 Å². The van der Waals surface area contributed by atoms with E-state index in [0.717, 1.165) is 84.7 Å². The molecule has 13 aromatic carbocycles. The number of imide groups is 1. The largest absolute Gasteiger partial charge is 1.00 e. The molecular formula is C104H83BrCl11N7O8S3Y2. The standard InChI is InChI=1S/C27H26N2O3.C20H18N2O2S.C19H15Cl2S.C18H12Cl3S.C12H7Cl6N3.C8H6O3.BrH.2Y/c1-2-3-10-19-28-26(30)25(32-27(28)31)20-21-15-17-24(18-16-21)29(22-11-6-4-7-12-22)23-13-8-5-9-14-23;1-3-21-16-8-6-5-7-14(16)15-11-13(9-10-17(15)21)12-18-19(23)22(4-2)20(25)24-18;1-14-2-8-17(9-3-14)22(18-10-4-15(20)5-11-18)19-12-6-16(21)7-13-19;19-13-1-7-16(8-2-13)22(17-9-3-14(20)4-10-17)18-11-5-15(21)6-12-18;1-6-2-4-7(5-3-6)8-19-9(11(13,14)15)21-10(20-8)12(16,17)18;9-7(8(10)11)6-4-2-1-3-5-6;;;/h4-9,11-18,20H,2-3,10,19H2,1H3;5-12H,3-4H2,1-2H3;2-13H,1H3;1-12H;2-5H,1H3;1-5H,(H,10,11);1H;;/q;;2*+1;;;;;/p-2/b25-20+;18-12+;;;;;;;. The molecule has 690 valence electrons. The van der Waals surface area contributed by atoms with Crippen LogP contribution in [0.25, 0.3) is 45.3 Å². The number of cyclic esters (lactones) is 1. The number of ketones is 1. The van der Waals surface area contributed by atoms with Crippen molar-refractivity contribution in [1.29, 1.82) is 0 Å². The van der Waals surface area contributed by atoms with E-state index >= 15 is 0 Å². The number of para-hydroxylation sites is 3. The quantitative estimate of drug-likeness (QED) is 0.0134. The number of carbonyl (C=O) groups excluding carboxylic acids is 5. The first kappa shape index (κ1) is 112. The van der Waals surface area contributed by atoms with Crippen LogP contribution in [0.2, 0.25) is 25.1 Å². The number of halogens is 12. The van der Waals surface area contributed by atoms with Gasteiger partial charge in [0.2, 0.25) is 13.4 Å². The average molecular weight is 2300 g/mol. The summed E-state index contributed by atoms with van der Waals surface area (Å²) in [4.78, 5) is 82.0. The summed E-state index contributed by atoms with van der Waals surface area (Å²) in [7, 11) is -0.372. The topological polar surface area (TPSA) is 180 Å². The summed E-state index contributed by atoms with van der Waals surface area (Å²) in [5, 5.41) is 16.4. The van der Waals surface area contributed by atoms with Gasteiger partial charge in [-0.15, -0.1) is 0 Å². The maximum atomic E-state index is 12.6. The van der Waals surface area contributed by atoms with E-state index in [0.29, 0.717) is 18.7 Å². The van der Waals surface area contributed by atoms with Crippen LogP contribution in [0.3, 0.4) is 0 Å². The van der Waals surface area contributed by atoms with E-state index in [1.54, 1.807) is 30.4 Å². The molecule has 15 aromatic rings. The van der Waals surface area contributed by atoms with E-state index in [1.807, 2.05) is 172 Å². The van der Waals surface area contributed by atoms with Crippen LogP contribution in [0.15, 0.2) is 368 Å². The van der Waals surface area contributed by atoms with Crippen molar-refractivity contribution >= 4 is 247 Å². The summed E-state index contributed by atoms with van der Waals surface area (Å²) in [6.45, 7) is 12.0. The van der Waals surface area contributed by atoms with Gasteiger partial charge in [0.05, 0.1) is 21.8 Å². The molecule has 3 amide bonds. The van der Waals surface area contributed by atoms with Crippen LogP contribution in [0.1, 0.15) is 84.3 Å². The summed E-state index contributed by atoms with van der Waals surface area (Å²) < 4.78 is 9.29. The number of aliphatic carboxylic acids is 1. The van der Waals surface area contributed by atoms with Gasteiger partial charge in [-0.2, -0.15) is 0 Å². The molecule has 2 fully saturated rings. The van der Waals surface area contributed by atoms with Gasteiger partial charge in [0.25, 0.3) is 17.0 Å². The number of aryl methyl sites for hydroxylation is 3. The number of nitrogens with zero attached hydrogens (tertiary/aromatic N) is 7. The number of anilines is 3. The van der Waals surface area contributed by atoms with E-state index in [4.69, 9.17) is 149 Å². The normalized spacial score (nSPS) is 12.7. The molecule has 2 aliphatic heterocycles. The molecule has 0 N–H and O–H groups in total. The third-order valence-electron chi connectivity index (χ3n) is 20.1. The molecule has 15 nitrogen and oxygen atoms in total. The number of unbranched alkanes of at least 4 members (excludes halogenated alkanes) is 2. The Morgan fingerprint density at radius 3 is 1.20 bits per heavy atom. The molecule has 0 spiro atoms. The Hall–Kier alpha value is -8.03. The zero-order chi connectivity index (χ0) is 95.0. The molecule has 2 aliphatic rings. The van der Waals surface area contributed by atoms with Crippen molar-refractivity contribution in [3.8, 4) is 11.4 Å². The number of fused-ring (bicyclic) bond motifs is 3. The van der Waals surface area contributed by atoms with Crippen molar-refractivity contribution in [3.63, 3.8) is 0 Å². The maximum absolute atomic E-state index is 12.6. The monoisotopic (exact) mass is 2290 g/mol. The molecular weight excluding hydrogens is 2220 g/mol. The van der Waals surface area contributed by atoms with E-state index in [9.17, 15) is 29.1 Å². The number of hydrogen-bond acceptors (Lipinski definition) is 13. The fraction of sp³-hybridized carbons (Fsp3) is 0.125. The number of carboxylic acid groups (broad SMARTS) is 1. The number of hydrogen-bond donors (Lipinski definition) is 0. The van der Waals surface area contributed by atoms with Crippen molar-refractivity contribution in [3.05, 3.63) is 404 Å². The minimum absolute atomic E-state index is 0. The van der Waals surface area contributed by atoms with Crippen LogP contribution in [0, 0.1) is 13.8 Å². The Morgan fingerprint density at radius 1 is 0.426 bits per heavy atom. The van der Waals surface area contributed by atoms with Gasteiger partial charge in [-0.3, -0.25) is 19.3 Å². The second-order valence-corrected chi connectivity index (χ2v) is 40.6. The van der Waals surface area contributed by atoms with Gasteiger partial charge in [-0.05, 0) is 258 Å². The van der Waals surface area contributed by atoms with E-state index < -0.39 is 25.4 Å². The number of rotatable bonds is 20. The summed E-state index contributed by atoms with van der Waals surface area (Å²) in [6, 6.07) is 107. The second-order valence-electron chi connectivity index (χ2n) is 29.4. The maximum Gasteiger partial charge on any atom is 0.422 e. The summed E-state index contributed by atoms with van der Waals surface area (Å²) in [6.07, 6.45) is 5.58. The average Bonchev–Trinajstić information content (AvgIpc) is 1.60. The second kappa shape index (κ2) is 53.5. The number of carbonyl (C=O) groups is 5. The molecule has 0 atom stereocenters. The number of aromatic nitrogens is 4. The number of likely N-dealkylation sites (N-methyl/N-ethyl adjacent to an activating group) is 1. The molecule has 17 rings (SSSR count). The number of ether oxygens (including phenoxy) is 2. The summed E-state index contributed by atoms with van der Waals surface area (Å²) >= 11 is 70.1. The van der Waals surface area contributed by atoms with E-state index in [1.165, 1.54) is 78.7 Å². The van der Waals surface area contributed by atoms with Gasteiger partial charge >= 0.3 is 6.09 Å². The van der Waals surface area contributed by atoms with E-state index in [2.05, 4.69) is 185 Å². The summed E-state index contributed by atoms with van der Waals surface area (Å²) in [5.74, 6) is -2.81. The van der Waals surface area contributed by atoms with Crippen molar-refractivity contribution in [2.75, 3.05) is 18.0 Å². The molecule has 2 radical (unpaired) electrons. The third-order valence-corrected chi connectivity index (χ3v) is 27.2. The molecule has 2 aromatic heterocycles. The van der Waals surface area contributed by atoms with Crippen LogP contribution in [-0.4, -0.2) is 77.2 Å². The first-order valence-corrected chi connectivity index (χ1v) is 48.5. The van der Waals surface area contributed by atoms with Gasteiger partial charge < -0.3 is 45.8 Å². The molecule has 0 saturated carbocycles. The Kier molecular flexibility index (Phi) is 43.9. The molecule has 136 heavy (non-hydrogen) atoms. The van der Waals surface area contributed by atoms with Crippen LogP contribution in [-0.2, 0) is 125 Å². The van der Waals surface area contributed by atoms with Gasteiger partial charge in [0, 0.05) is 160 Å². The number of amides is 3. The Bertz CT molecular complexity index is 6210. The Morgan fingerprint density at radius 2 is 0.794 bits per heavy atom. The molecule has 0 unspecified atom stereocenters. The zero-order valence-electron chi connectivity index (χ0n) is 73.4. The SMILES string of the molecule is CCCCCN1C(=O)O/C(=C/c2ccc(N(c3ccccc3)c3ccccc3)cc2)C1=O.CCN1C(=O)/C(=C\c2ccc3c(c2)c2ccccc2n3CC)OC1=S.Cc1ccc(-c2nc(C(Cl)(Cl)Cl)nc(C(Cl)(Cl)Cl)n2)cc1.Cc1ccc([S+](c2ccc(Cl)cc2)c2ccc(Cl)cc2)cc1.Clc1ccc([S+](c2ccc(Cl)cc2)c2ccc(Cl)cc2)cc1.O=C([O-])C(=O)c1ccccc1.[Br-].[Y].[Y]. The van der Waals surface area contributed by atoms with Gasteiger partial charge in [0.15, 0.2) is 58.4 Å². The molecule has 2 saturated heterocycles. The number of Topliss-reactive ketones (excluding diaryl/α,β-unsaturated/α-hetero) is 1. The predicted molar refractivity (Wildman–Crippen MR) is 548 cm³/mol. The fourth-order valence-electron chi connectivity index (χ4n) is 13.6. The van der Waals surface area contributed by atoms with Gasteiger partial charge in [-0.1, -0.05) is 298 Å². The van der Waals surface area contributed by atoms with Crippen LogP contribution in [0.4, 0.5) is 21.9 Å². The predicted octanol–water partition coefficient (Wildman–Crippen LogP) is 26.2. The van der Waals surface area contributed by atoms with Crippen molar-refractivity contribution in [1.82, 2.24) is 29.3 Å². The van der Waals surface area contributed by atoms with E-state index in [-0.39, 0.29) is 156 Å². The van der Waals surface area contributed by atoms with Crippen LogP contribution >= 0.6 is 140 Å². The minimum atomic E-state index is -1.85. The van der Waals surface area contributed by atoms with Crippen LogP contribution in [0.5, 0.6) is 0 Å². The Balaban J connectivity index is 0.000000186. The number of alkyl halides is 6. The van der Waals surface area contributed by atoms with Crippen molar-refractivity contribution < 1.29 is 121 Å². The Labute approximate surface area is 917 Å². The third kappa shape index (κ3) is 30.7. The first-order chi connectivity index (χ1) is 63.9. The number of benzene rings is 13. The molecule has 32 heteroatoms. The minimum Gasteiger partial charge on any atom is -1.00 e. The molecule has 4 heterocycles. The smallest absolute Gasteiger partial charge is 0.422 e. The number of carboxylic acids is 1. The summed E-state index contributed by atoms with van der Waals surface area (Å²) in [5.41, 5.74) is 10.4. The van der Waals surface area contributed by atoms with Crippen molar-refractivity contribution in [2.24, 2.45) is 0 Å². The molecule has 0 aliphatic carbocycles. The van der Waals surface area contributed by atoms with Gasteiger partial charge in [-0.25, -0.2) is 24.6 Å². The molecule has 0 bridgehead atoms.